The highest BCUT2D eigenvalue weighted by Gasteiger charge is 2.14. The Labute approximate surface area is 77.1 Å². The molecule has 0 atom stereocenters. The molecule has 0 saturated carbocycles. The van der Waals surface area contributed by atoms with Crippen LogP contribution in [0.25, 0.3) is 0 Å². The van der Waals surface area contributed by atoms with E-state index in [1.165, 1.54) is 0 Å². The second-order valence-corrected chi connectivity index (χ2v) is 2.55. The number of hydrogen-bond donors (Lipinski definition) is 2. The SMILES string of the molecule is Nc1c(Cl)nc(Cl)nc1C(=O)O. The van der Waals surface area contributed by atoms with E-state index in [4.69, 9.17) is 34.0 Å². The van der Waals surface area contributed by atoms with E-state index in [2.05, 4.69) is 9.97 Å². The second kappa shape index (κ2) is 3.12. The standard InChI is InChI=1S/C5H3Cl2N3O2/c6-3-1(8)2(4(11)12)9-5(7)10-3/h8H2,(H,11,12). The van der Waals surface area contributed by atoms with Gasteiger partial charge in [0, 0.05) is 0 Å². The maximum Gasteiger partial charge on any atom is 0.356 e. The average Bonchev–Trinajstić information content (AvgIpc) is 1.96. The van der Waals surface area contributed by atoms with Gasteiger partial charge in [0.2, 0.25) is 5.28 Å². The summed E-state index contributed by atoms with van der Waals surface area (Å²) in [6.07, 6.45) is 0. The smallest absolute Gasteiger partial charge is 0.356 e. The van der Waals surface area contributed by atoms with Gasteiger partial charge < -0.3 is 10.8 Å². The Morgan fingerprint density at radius 1 is 1.42 bits per heavy atom. The van der Waals surface area contributed by atoms with Crippen LogP contribution in [-0.2, 0) is 0 Å². The predicted octanol–water partition coefficient (Wildman–Crippen LogP) is 1.06. The zero-order valence-corrected chi connectivity index (χ0v) is 7.10. The first-order valence-corrected chi connectivity index (χ1v) is 3.49. The van der Waals surface area contributed by atoms with Crippen LogP contribution < -0.4 is 5.73 Å². The van der Waals surface area contributed by atoms with E-state index in [1.54, 1.807) is 0 Å². The summed E-state index contributed by atoms with van der Waals surface area (Å²) in [5.74, 6) is -1.29. The Morgan fingerprint density at radius 2 is 2.00 bits per heavy atom. The number of carboxylic acid groups (broad SMARTS) is 1. The lowest BCUT2D eigenvalue weighted by Crippen LogP contribution is -2.07. The second-order valence-electron chi connectivity index (χ2n) is 1.85. The highest BCUT2D eigenvalue weighted by atomic mass is 35.5. The number of carboxylic acids is 1. The van der Waals surface area contributed by atoms with Gasteiger partial charge in [0.1, 0.15) is 5.69 Å². The minimum absolute atomic E-state index is 0.160. The first kappa shape index (κ1) is 9.02. The number of aromatic carboxylic acids is 1. The molecule has 0 fully saturated rings. The lowest BCUT2D eigenvalue weighted by atomic mass is 10.3. The lowest BCUT2D eigenvalue weighted by Gasteiger charge is -2.00. The van der Waals surface area contributed by atoms with Gasteiger partial charge in [0.15, 0.2) is 10.8 Å². The third-order valence-electron chi connectivity index (χ3n) is 1.07. The summed E-state index contributed by atoms with van der Waals surface area (Å²) in [5, 5.41) is 8.12. The zero-order valence-electron chi connectivity index (χ0n) is 5.58. The zero-order chi connectivity index (χ0) is 9.30. The molecular weight excluding hydrogens is 205 g/mol. The van der Waals surface area contributed by atoms with Crippen molar-refractivity contribution in [3.63, 3.8) is 0 Å². The van der Waals surface area contributed by atoms with Crippen molar-refractivity contribution in [3.8, 4) is 0 Å². The molecular formula is C5H3Cl2N3O2. The largest absolute Gasteiger partial charge is 0.476 e. The van der Waals surface area contributed by atoms with Crippen LogP contribution in [-0.4, -0.2) is 21.0 Å². The van der Waals surface area contributed by atoms with Crippen molar-refractivity contribution >= 4 is 34.9 Å². The topological polar surface area (TPSA) is 89.1 Å². The van der Waals surface area contributed by atoms with Crippen molar-refractivity contribution in [1.29, 1.82) is 0 Å². The molecule has 0 bridgehead atoms. The van der Waals surface area contributed by atoms with E-state index in [9.17, 15) is 4.79 Å². The number of carbonyl (C=O) groups is 1. The molecule has 0 saturated heterocycles. The van der Waals surface area contributed by atoms with Gasteiger partial charge in [0.05, 0.1) is 0 Å². The summed E-state index contributed by atoms with van der Waals surface area (Å²) in [6.45, 7) is 0. The van der Waals surface area contributed by atoms with Gasteiger partial charge in [-0.1, -0.05) is 11.6 Å². The number of anilines is 1. The van der Waals surface area contributed by atoms with Crippen molar-refractivity contribution in [1.82, 2.24) is 9.97 Å². The summed E-state index contributed by atoms with van der Waals surface area (Å²) in [7, 11) is 0. The van der Waals surface area contributed by atoms with Crippen molar-refractivity contribution < 1.29 is 9.90 Å². The monoisotopic (exact) mass is 207 g/mol. The molecule has 0 aliphatic carbocycles. The van der Waals surface area contributed by atoms with Gasteiger partial charge in [0.25, 0.3) is 0 Å². The quantitative estimate of drug-likeness (QED) is 0.532. The molecule has 0 unspecified atom stereocenters. The normalized spacial score (nSPS) is 9.83. The Balaban J connectivity index is 3.37. The average molecular weight is 208 g/mol. The van der Waals surface area contributed by atoms with E-state index in [0.29, 0.717) is 0 Å². The lowest BCUT2D eigenvalue weighted by molar-refractivity contribution is 0.0691. The molecule has 7 heteroatoms. The minimum Gasteiger partial charge on any atom is -0.476 e. The van der Waals surface area contributed by atoms with Crippen molar-refractivity contribution in [2.75, 3.05) is 5.73 Å². The van der Waals surface area contributed by atoms with Gasteiger partial charge in [-0.15, -0.1) is 0 Å². The first-order chi connectivity index (χ1) is 5.52. The summed E-state index contributed by atoms with van der Waals surface area (Å²) in [4.78, 5) is 17.3. The van der Waals surface area contributed by atoms with Crippen molar-refractivity contribution in [2.45, 2.75) is 0 Å². The van der Waals surface area contributed by atoms with Crippen LogP contribution in [0.3, 0.4) is 0 Å². The molecule has 5 nitrogen and oxygen atoms in total. The maximum absolute atomic E-state index is 10.4. The number of hydrogen-bond acceptors (Lipinski definition) is 4. The fraction of sp³-hybridized carbons (Fsp3) is 0. The molecule has 0 spiro atoms. The first-order valence-electron chi connectivity index (χ1n) is 2.74. The van der Waals surface area contributed by atoms with Crippen molar-refractivity contribution in [2.24, 2.45) is 0 Å². The number of halogens is 2. The maximum atomic E-state index is 10.4. The molecule has 0 aliphatic heterocycles. The molecule has 0 amide bonds. The molecule has 64 valence electrons. The fourth-order valence-corrected chi connectivity index (χ4v) is 0.961. The van der Waals surface area contributed by atoms with Gasteiger partial charge in [-0.25, -0.2) is 14.8 Å². The molecule has 0 aliphatic rings. The molecule has 0 aromatic carbocycles. The number of nitrogen functional groups attached to an aromatic ring is 1. The van der Waals surface area contributed by atoms with E-state index in [0.717, 1.165) is 0 Å². The molecule has 0 radical (unpaired) electrons. The van der Waals surface area contributed by atoms with E-state index in [1.807, 2.05) is 0 Å². The molecule has 3 N–H and O–H groups in total. The molecule has 12 heavy (non-hydrogen) atoms. The van der Waals surface area contributed by atoms with Crippen LogP contribution in [0.2, 0.25) is 10.4 Å². The molecule has 1 heterocycles. The van der Waals surface area contributed by atoms with Crippen LogP contribution in [0, 0.1) is 0 Å². The summed E-state index contributed by atoms with van der Waals surface area (Å²) >= 11 is 10.8. The number of nitrogens with two attached hydrogens (primary N) is 1. The summed E-state index contributed by atoms with van der Waals surface area (Å²) < 4.78 is 0. The van der Waals surface area contributed by atoms with Gasteiger partial charge in [-0.3, -0.25) is 0 Å². The highest BCUT2D eigenvalue weighted by molar-refractivity contribution is 6.34. The number of rotatable bonds is 1. The third-order valence-corrected chi connectivity index (χ3v) is 1.53. The Morgan fingerprint density at radius 3 is 2.50 bits per heavy atom. The molecule has 1 aromatic heterocycles. The van der Waals surface area contributed by atoms with Gasteiger partial charge in [-0.2, -0.15) is 0 Å². The van der Waals surface area contributed by atoms with Gasteiger partial charge >= 0.3 is 5.97 Å². The minimum atomic E-state index is -1.29. The Bertz CT molecular complexity index is 342. The summed E-state index contributed by atoms with van der Waals surface area (Å²) in [5.41, 5.74) is 4.68. The van der Waals surface area contributed by atoms with Crippen LogP contribution in [0.15, 0.2) is 0 Å². The number of nitrogens with zero attached hydrogens (tertiary/aromatic N) is 2. The third kappa shape index (κ3) is 1.57. The highest BCUT2D eigenvalue weighted by Crippen LogP contribution is 2.20. The fourth-order valence-electron chi connectivity index (χ4n) is 0.579. The van der Waals surface area contributed by atoms with E-state index >= 15 is 0 Å². The van der Waals surface area contributed by atoms with Crippen LogP contribution >= 0.6 is 23.2 Å². The van der Waals surface area contributed by atoms with Crippen LogP contribution in [0.5, 0.6) is 0 Å². The summed E-state index contributed by atoms with van der Waals surface area (Å²) in [6, 6.07) is 0. The van der Waals surface area contributed by atoms with E-state index in [-0.39, 0.29) is 21.8 Å². The Hall–Kier alpha value is -1.07. The van der Waals surface area contributed by atoms with Gasteiger partial charge in [-0.05, 0) is 11.6 Å². The molecule has 1 aromatic rings. The van der Waals surface area contributed by atoms with Crippen LogP contribution in [0.1, 0.15) is 10.5 Å². The Kier molecular flexibility index (Phi) is 2.35. The molecule has 1 rings (SSSR count). The van der Waals surface area contributed by atoms with E-state index < -0.39 is 5.97 Å². The van der Waals surface area contributed by atoms with Crippen LogP contribution in [0.4, 0.5) is 5.69 Å². The predicted molar refractivity (Wildman–Crippen MR) is 43.4 cm³/mol. The van der Waals surface area contributed by atoms with Crippen molar-refractivity contribution in [3.05, 3.63) is 16.1 Å². The number of aromatic nitrogens is 2.